The summed E-state index contributed by atoms with van der Waals surface area (Å²) in [6.45, 7) is 2.11. The van der Waals surface area contributed by atoms with Crippen LogP contribution in [-0.2, 0) is 10.5 Å². The Morgan fingerprint density at radius 2 is 2.00 bits per heavy atom. The Morgan fingerprint density at radius 3 is 2.79 bits per heavy atom. The standard InChI is InChI=1S/C23H30N2O3S/c26-21-12-6-14-25(21)15-7-13-24-23(27)22-19(16-29-17-8-2-1-3-9-17)18-10-4-5-11-20(18)28-22/h4-5,10-11,17H,1-3,6-9,12-16H2,(H,24,27). The summed E-state index contributed by atoms with van der Waals surface area (Å²) in [5.74, 6) is 1.35. The molecular weight excluding hydrogens is 384 g/mol. The van der Waals surface area contributed by atoms with Crippen molar-refractivity contribution in [3.05, 3.63) is 35.6 Å². The van der Waals surface area contributed by atoms with Gasteiger partial charge in [-0.25, -0.2) is 0 Å². The van der Waals surface area contributed by atoms with Crippen LogP contribution in [0.3, 0.4) is 0 Å². The van der Waals surface area contributed by atoms with Crippen molar-refractivity contribution >= 4 is 34.5 Å². The van der Waals surface area contributed by atoms with Gasteiger partial charge in [0.15, 0.2) is 5.76 Å². The van der Waals surface area contributed by atoms with Crippen LogP contribution in [0.15, 0.2) is 28.7 Å². The monoisotopic (exact) mass is 414 g/mol. The average molecular weight is 415 g/mol. The number of carbonyl (C=O) groups excluding carboxylic acids is 2. The molecule has 0 bridgehead atoms. The maximum atomic E-state index is 12.9. The molecule has 0 spiro atoms. The lowest BCUT2D eigenvalue weighted by molar-refractivity contribution is -0.127. The van der Waals surface area contributed by atoms with Gasteiger partial charge >= 0.3 is 0 Å². The predicted molar refractivity (Wildman–Crippen MR) is 117 cm³/mol. The Labute approximate surface area is 176 Å². The summed E-state index contributed by atoms with van der Waals surface area (Å²) in [4.78, 5) is 26.4. The van der Waals surface area contributed by atoms with Gasteiger partial charge < -0.3 is 14.6 Å². The molecule has 0 radical (unpaired) electrons. The number of benzene rings is 1. The molecule has 1 aliphatic heterocycles. The molecule has 2 heterocycles. The smallest absolute Gasteiger partial charge is 0.287 e. The second-order valence-electron chi connectivity index (χ2n) is 8.07. The topological polar surface area (TPSA) is 62.6 Å². The summed E-state index contributed by atoms with van der Waals surface area (Å²) in [5.41, 5.74) is 1.79. The first-order valence-electron chi connectivity index (χ1n) is 10.9. The Balaban J connectivity index is 1.38. The molecule has 6 heteroatoms. The van der Waals surface area contributed by atoms with Gasteiger partial charge in [0.25, 0.3) is 5.91 Å². The number of carbonyl (C=O) groups is 2. The Hall–Kier alpha value is -1.95. The zero-order valence-corrected chi connectivity index (χ0v) is 17.8. The van der Waals surface area contributed by atoms with Gasteiger partial charge in [-0.1, -0.05) is 37.5 Å². The number of thioether (sulfide) groups is 1. The van der Waals surface area contributed by atoms with Gasteiger partial charge in [0.05, 0.1) is 0 Å². The normalized spacial score (nSPS) is 17.9. The van der Waals surface area contributed by atoms with Crippen LogP contribution >= 0.6 is 11.8 Å². The summed E-state index contributed by atoms with van der Waals surface area (Å²) in [6, 6.07) is 7.92. The third kappa shape index (κ3) is 4.97. The van der Waals surface area contributed by atoms with Crippen LogP contribution in [-0.4, -0.2) is 41.6 Å². The average Bonchev–Trinajstić information content (AvgIpc) is 3.33. The van der Waals surface area contributed by atoms with Gasteiger partial charge in [0.1, 0.15) is 5.58 Å². The van der Waals surface area contributed by atoms with E-state index in [1.54, 1.807) is 0 Å². The number of furan rings is 1. The molecule has 1 saturated heterocycles. The number of nitrogens with one attached hydrogen (secondary N) is 1. The lowest BCUT2D eigenvalue weighted by Gasteiger charge is -2.20. The number of amides is 2. The highest BCUT2D eigenvalue weighted by molar-refractivity contribution is 7.99. The Kier molecular flexibility index (Phi) is 6.80. The summed E-state index contributed by atoms with van der Waals surface area (Å²) < 4.78 is 5.96. The maximum absolute atomic E-state index is 12.9. The van der Waals surface area contributed by atoms with E-state index in [-0.39, 0.29) is 11.8 Å². The number of nitrogens with zero attached hydrogens (tertiary/aromatic N) is 1. The number of fused-ring (bicyclic) bond motifs is 1. The summed E-state index contributed by atoms with van der Waals surface area (Å²) >= 11 is 1.96. The number of hydrogen-bond donors (Lipinski definition) is 1. The van der Waals surface area contributed by atoms with E-state index in [1.807, 2.05) is 40.9 Å². The minimum atomic E-state index is -0.145. The van der Waals surface area contributed by atoms with E-state index in [9.17, 15) is 9.59 Å². The van der Waals surface area contributed by atoms with Crippen molar-refractivity contribution in [1.29, 1.82) is 0 Å². The molecule has 0 atom stereocenters. The Bertz CT molecular complexity index is 857. The van der Waals surface area contributed by atoms with Gasteiger partial charge in [-0.3, -0.25) is 9.59 Å². The quantitative estimate of drug-likeness (QED) is 0.634. The lowest BCUT2D eigenvalue weighted by Crippen LogP contribution is -2.30. The molecule has 1 N–H and O–H groups in total. The zero-order chi connectivity index (χ0) is 20.1. The highest BCUT2D eigenvalue weighted by atomic mass is 32.2. The molecule has 4 rings (SSSR count). The van der Waals surface area contributed by atoms with Crippen molar-refractivity contribution in [3.8, 4) is 0 Å². The highest BCUT2D eigenvalue weighted by Crippen LogP contribution is 2.35. The molecular formula is C23H30N2O3S. The van der Waals surface area contributed by atoms with E-state index < -0.39 is 0 Å². The van der Waals surface area contributed by atoms with Crippen LogP contribution in [0.5, 0.6) is 0 Å². The molecule has 1 saturated carbocycles. The molecule has 2 aliphatic rings. The Morgan fingerprint density at radius 1 is 1.17 bits per heavy atom. The first kappa shape index (κ1) is 20.3. The van der Waals surface area contributed by atoms with Gasteiger partial charge in [0, 0.05) is 48.0 Å². The summed E-state index contributed by atoms with van der Waals surface area (Å²) in [5, 5.41) is 4.73. The van der Waals surface area contributed by atoms with Crippen molar-refractivity contribution in [3.63, 3.8) is 0 Å². The van der Waals surface area contributed by atoms with Crippen LogP contribution in [0.25, 0.3) is 11.0 Å². The van der Waals surface area contributed by atoms with E-state index in [2.05, 4.69) is 5.32 Å². The van der Waals surface area contributed by atoms with Crippen LogP contribution in [0, 0.1) is 0 Å². The van der Waals surface area contributed by atoms with E-state index in [1.165, 1.54) is 32.1 Å². The van der Waals surface area contributed by atoms with E-state index in [0.717, 1.165) is 41.7 Å². The first-order chi connectivity index (χ1) is 14.2. The number of para-hydroxylation sites is 1. The first-order valence-corrected chi connectivity index (χ1v) is 12.0. The van der Waals surface area contributed by atoms with E-state index in [0.29, 0.717) is 30.5 Å². The fourth-order valence-electron chi connectivity index (χ4n) is 4.35. The molecule has 1 aliphatic carbocycles. The van der Waals surface area contributed by atoms with Gasteiger partial charge in [0.2, 0.25) is 5.91 Å². The van der Waals surface area contributed by atoms with Crippen LogP contribution in [0.2, 0.25) is 0 Å². The second-order valence-corrected chi connectivity index (χ2v) is 9.36. The third-order valence-electron chi connectivity index (χ3n) is 5.98. The molecule has 29 heavy (non-hydrogen) atoms. The highest BCUT2D eigenvalue weighted by Gasteiger charge is 2.23. The summed E-state index contributed by atoms with van der Waals surface area (Å²) in [6.07, 6.45) is 8.91. The van der Waals surface area contributed by atoms with Crippen molar-refractivity contribution in [2.45, 2.75) is 62.4 Å². The van der Waals surface area contributed by atoms with Crippen LogP contribution in [0.4, 0.5) is 0 Å². The molecule has 1 aromatic heterocycles. The van der Waals surface area contributed by atoms with Crippen molar-refractivity contribution in [2.24, 2.45) is 0 Å². The van der Waals surface area contributed by atoms with Gasteiger partial charge in [-0.15, -0.1) is 0 Å². The number of likely N-dealkylation sites (tertiary alicyclic amines) is 1. The third-order valence-corrected chi connectivity index (χ3v) is 7.38. The largest absolute Gasteiger partial charge is 0.451 e. The molecule has 2 fully saturated rings. The predicted octanol–water partition coefficient (Wildman–Crippen LogP) is 4.74. The molecule has 2 amide bonds. The van der Waals surface area contributed by atoms with Crippen molar-refractivity contribution in [1.82, 2.24) is 10.2 Å². The molecule has 1 aromatic carbocycles. The van der Waals surface area contributed by atoms with E-state index in [4.69, 9.17) is 4.42 Å². The molecule has 156 valence electrons. The number of rotatable bonds is 8. The maximum Gasteiger partial charge on any atom is 0.287 e. The fourth-order valence-corrected chi connectivity index (χ4v) is 5.71. The van der Waals surface area contributed by atoms with Crippen LogP contribution in [0.1, 0.15) is 67.5 Å². The SMILES string of the molecule is O=C(NCCCN1CCCC1=O)c1oc2ccccc2c1CSC1CCCCC1. The lowest BCUT2D eigenvalue weighted by atomic mass is 10.0. The van der Waals surface area contributed by atoms with Crippen molar-refractivity contribution in [2.75, 3.05) is 19.6 Å². The minimum Gasteiger partial charge on any atom is -0.451 e. The molecule has 2 aromatic rings. The fraction of sp³-hybridized carbons (Fsp3) is 0.565. The van der Waals surface area contributed by atoms with Crippen molar-refractivity contribution < 1.29 is 14.0 Å². The number of hydrogen-bond acceptors (Lipinski definition) is 4. The van der Waals surface area contributed by atoms with E-state index >= 15 is 0 Å². The molecule has 0 unspecified atom stereocenters. The zero-order valence-electron chi connectivity index (χ0n) is 17.0. The molecule has 5 nitrogen and oxygen atoms in total. The van der Waals surface area contributed by atoms with Gasteiger partial charge in [-0.05, 0) is 31.7 Å². The minimum absolute atomic E-state index is 0.145. The second kappa shape index (κ2) is 9.70. The summed E-state index contributed by atoms with van der Waals surface area (Å²) in [7, 11) is 0. The van der Waals surface area contributed by atoms with Gasteiger partial charge in [-0.2, -0.15) is 11.8 Å². The van der Waals surface area contributed by atoms with Crippen LogP contribution < -0.4 is 5.32 Å².